The van der Waals surface area contributed by atoms with Gasteiger partial charge in [0, 0.05) is 24.3 Å². The minimum absolute atomic E-state index is 0.146. The minimum atomic E-state index is -3.88. The van der Waals surface area contributed by atoms with Gasteiger partial charge >= 0.3 is 7.82 Å². The van der Waals surface area contributed by atoms with Gasteiger partial charge in [-0.3, -0.25) is 9.05 Å². The fraction of sp³-hybridized carbons (Fsp3) is 0.476. The van der Waals surface area contributed by atoms with E-state index in [2.05, 4.69) is 4.98 Å². The number of benzene rings is 1. The molecule has 0 saturated heterocycles. The summed E-state index contributed by atoms with van der Waals surface area (Å²) in [5.74, 6) is 1.66. The van der Waals surface area contributed by atoms with Crippen molar-refractivity contribution in [2.75, 3.05) is 13.0 Å². The van der Waals surface area contributed by atoms with Gasteiger partial charge in [0.15, 0.2) is 11.6 Å². The number of aromatic nitrogens is 2. The maximum Gasteiger partial charge on any atom is 0.530 e. The molecule has 2 rings (SSSR count). The Hall–Kier alpha value is -1.79. The van der Waals surface area contributed by atoms with E-state index in [1.54, 1.807) is 47.1 Å². The zero-order valence-corrected chi connectivity index (χ0v) is 19.9. The van der Waals surface area contributed by atoms with Gasteiger partial charge < -0.3 is 13.8 Å². The van der Waals surface area contributed by atoms with Crippen molar-refractivity contribution in [1.29, 1.82) is 0 Å². The molecule has 0 aliphatic heterocycles. The van der Waals surface area contributed by atoms with Gasteiger partial charge in [0.25, 0.3) is 0 Å². The molecule has 7 nitrogen and oxygen atoms in total. The Bertz CT molecular complexity index is 879. The first-order valence-corrected chi connectivity index (χ1v) is 11.7. The van der Waals surface area contributed by atoms with Crippen LogP contribution in [-0.2, 0) is 24.7 Å². The number of hydrogen-bond acceptors (Lipinski definition) is 6. The van der Waals surface area contributed by atoms with E-state index in [9.17, 15) is 4.57 Å². The highest BCUT2D eigenvalue weighted by molar-refractivity contribution is 7.48. The minimum Gasteiger partial charge on any atom is -0.497 e. The SMILES string of the molecule is COc1ccc(Cn2c(C)cnc2/C(=C\CCl)OP(=O)(OC(C)C)OC(C)C)cc1. The molecule has 166 valence electrons. The summed E-state index contributed by atoms with van der Waals surface area (Å²) in [5, 5.41) is 0. The lowest BCUT2D eigenvalue weighted by atomic mass is 10.2. The van der Waals surface area contributed by atoms with Crippen LogP contribution in [0.15, 0.2) is 36.5 Å². The van der Waals surface area contributed by atoms with Gasteiger partial charge in [0.2, 0.25) is 0 Å². The number of halogens is 1. The summed E-state index contributed by atoms with van der Waals surface area (Å²) in [4.78, 5) is 4.46. The number of ether oxygens (including phenoxy) is 1. The Morgan fingerprint density at radius 1 is 1.17 bits per heavy atom. The Balaban J connectivity index is 2.37. The third kappa shape index (κ3) is 6.88. The van der Waals surface area contributed by atoms with Crippen molar-refractivity contribution in [3.05, 3.63) is 53.6 Å². The van der Waals surface area contributed by atoms with E-state index in [0.717, 1.165) is 17.0 Å². The number of phosphoric ester groups is 1. The van der Waals surface area contributed by atoms with Gasteiger partial charge in [0.05, 0.1) is 19.3 Å². The van der Waals surface area contributed by atoms with Crippen molar-refractivity contribution < 1.29 is 22.9 Å². The van der Waals surface area contributed by atoms with E-state index in [0.29, 0.717) is 12.4 Å². The Morgan fingerprint density at radius 3 is 2.27 bits per heavy atom. The summed E-state index contributed by atoms with van der Waals surface area (Å²) in [6.45, 7) is 9.53. The molecule has 0 radical (unpaired) electrons. The van der Waals surface area contributed by atoms with Crippen LogP contribution >= 0.6 is 19.4 Å². The molecular weight excluding hydrogens is 427 g/mol. The lowest BCUT2D eigenvalue weighted by Gasteiger charge is -2.23. The highest BCUT2D eigenvalue weighted by atomic mass is 35.5. The quantitative estimate of drug-likeness (QED) is 0.241. The van der Waals surface area contributed by atoms with Gasteiger partial charge in [0.1, 0.15) is 5.75 Å². The summed E-state index contributed by atoms with van der Waals surface area (Å²) in [6, 6.07) is 7.74. The second-order valence-corrected chi connectivity index (χ2v) is 9.03. The average molecular weight is 457 g/mol. The Labute approximate surface area is 183 Å². The molecule has 0 N–H and O–H groups in total. The van der Waals surface area contributed by atoms with E-state index >= 15 is 0 Å². The number of nitrogens with zero attached hydrogens (tertiary/aromatic N) is 2. The van der Waals surface area contributed by atoms with Gasteiger partial charge in [-0.15, -0.1) is 11.6 Å². The molecular formula is C21H30ClN2O5P. The van der Waals surface area contributed by atoms with E-state index < -0.39 is 7.82 Å². The normalized spacial score (nSPS) is 12.6. The van der Waals surface area contributed by atoms with E-state index in [4.69, 9.17) is 29.9 Å². The maximum atomic E-state index is 13.2. The fourth-order valence-corrected chi connectivity index (χ4v) is 4.42. The molecule has 30 heavy (non-hydrogen) atoms. The van der Waals surface area contributed by atoms with Crippen molar-refractivity contribution in [1.82, 2.24) is 9.55 Å². The lowest BCUT2D eigenvalue weighted by Crippen LogP contribution is -2.12. The zero-order chi connectivity index (χ0) is 22.3. The van der Waals surface area contributed by atoms with E-state index in [1.165, 1.54) is 0 Å². The van der Waals surface area contributed by atoms with Crippen LogP contribution < -0.4 is 4.74 Å². The van der Waals surface area contributed by atoms with Crippen LogP contribution in [-0.4, -0.2) is 34.7 Å². The number of alkyl halides is 1. The Kier molecular flexibility index (Phi) is 8.98. The summed E-state index contributed by atoms with van der Waals surface area (Å²) < 4.78 is 37.2. The summed E-state index contributed by atoms with van der Waals surface area (Å²) >= 11 is 5.96. The van der Waals surface area contributed by atoms with Crippen molar-refractivity contribution in [2.24, 2.45) is 0 Å². The largest absolute Gasteiger partial charge is 0.530 e. The standard InChI is InChI=1S/C21H30ClN2O5P/c1-15(2)27-30(25,28-16(3)4)29-20(11-12-22)21-23-13-17(5)24(21)14-18-7-9-19(26-6)10-8-18/h7-11,13,15-16H,12,14H2,1-6H3/b20-11+. The fourth-order valence-electron chi connectivity index (χ4n) is 2.71. The van der Waals surface area contributed by atoms with Crippen molar-refractivity contribution >= 4 is 25.2 Å². The van der Waals surface area contributed by atoms with E-state index in [1.807, 2.05) is 35.8 Å². The second kappa shape index (κ2) is 11.0. The molecule has 0 aliphatic carbocycles. The molecule has 2 aromatic rings. The molecule has 1 aromatic carbocycles. The smallest absolute Gasteiger partial charge is 0.497 e. The zero-order valence-electron chi connectivity index (χ0n) is 18.3. The first-order chi connectivity index (χ1) is 14.2. The van der Waals surface area contributed by atoms with Crippen LogP contribution in [0, 0.1) is 6.92 Å². The second-order valence-electron chi connectivity index (χ2n) is 7.23. The molecule has 0 bridgehead atoms. The summed E-state index contributed by atoms with van der Waals surface area (Å²) in [7, 11) is -2.25. The molecule has 0 fully saturated rings. The van der Waals surface area contributed by atoms with Crippen molar-refractivity contribution in [3.63, 3.8) is 0 Å². The highest BCUT2D eigenvalue weighted by Gasteiger charge is 2.34. The first-order valence-electron chi connectivity index (χ1n) is 9.75. The van der Waals surface area contributed by atoms with E-state index in [-0.39, 0.29) is 23.8 Å². The molecule has 0 atom stereocenters. The number of aryl methyl sites for hydroxylation is 1. The summed E-state index contributed by atoms with van der Waals surface area (Å²) in [5.41, 5.74) is 1.96. The maximum absolute atomic E-state index is 13.2. The van der Waals surface area contributed by atoms with Gasteiger partial charge in [-0.25, -0.2) is 9.55 Å². The third-order valence-corrected chi connectivity index (χ3v) is 5.86. The topological polar surface area (TPSA) is 71.8 Å². The Morgan fingerprint density at radius 2 is 1.77 bits per heavy atom. The van der Waals surface area contributed by atoms with Gasteiger partial charge in [-0.1, -0.05) is 12.1 Å². The monoisotopic (exact) mass is 456 g/mol. The predicted molar refractivity (Wildman–Crippen MR) is 119 cm³/mol. The molecule has 0 amide bonds. The van der Waals surface area contributed by atoms with Crippen molar-refractivity contribution in [2.45, 2.75) is 53.4 Å². The van der Waals surface area contributed by atoms with Gasteiger partial charge in [-0.05, 0) is 58.4 Å². The average Bonchev–Trinajstić information content (AvgIpc) is 3.01. The number of hydrogen-bond donors (Lipinski definition) is 0. The van der Waals surface area contributed by atoms with Crippen LogP contribution in [0.5, 0.6) is 5.75 Å². The van der Waals surface area contributed by atoms with Crippen LogP contribution in [0.4, 0.5) is 0 Å². The van der Waals surface area contributed by atoms with Crippen LogP contribution in [0.3, 0.4) is 0 Å². The molecule has 9 heteroatoms. The molecule has 0 unspecified atom stereocenters. The molecule has 0 spiro atoms. The van der Waals surface area contributed by atoms with Crippen LogP contribution in [0.25, 0.3) is 5.76 Å². The summed E-state index contributed by atoms with van der Waals surface area (Å²) in [6.07, 6.45) is 2.62. The van der Waals surface area contributed by atoms with Crippen LogP contribution in [0.1, 0.15) is 44.8 Å². The molecule has 0 aliphatic rings. The number of imidazole rings is 1. The number of rotatable bonds is 11. The lowest BCUT2D eigenvalue weighted by molar-refractivity contribution is 0.0972. The number of phosphoric acid groups is 1. The third-order valence-electron chi connectivity index (χ3n) is 3.93. The number of allylic oxidation sites excluding steroid dienone is 1. The van der Waals surface area contributed by atoms with Crippen LogP contribution in [0.2, 0.25) is 0 Å². The van der Waals surface area contributed by atoms with Crippen molar-refractivity contribution in [3.8, 4) is 5.75 Å². The number of methoxy groups -OCH3 is 1. The first kappa shape index (κ1) is 24.5. The molecule has 1 heterocycles. The molecule has 0 saturated carbocycles. The predicted octanol–water partition coefficient (Wildman–Crippen LogP) is 5.80. The van der Waals surface area contributed by atoms with Gasteiger partial charge in [-0.2, -0.15) is 0 Å². The molecule has 1 aromatic heterocycles. The highest BCUT2D eigenvalue weighted by Crippen LogP contribution is 2.54.